The van der Waals surface area contributed by atoms with Gasteiger partial charge in [0.1, 0.15) is 0 Å². The molecule has 1 rings (SSSR count). The summed E-state index contributed by atoms with van der Waals surface area (Å²) < 4.78 is 0. The summed E-state index contributed by atoms with van der Waals surface area (Å²) in [4.78, 5) is 11.7. The van der Waals surface area contributed by atoms with Crippen LogP contribution in [-0.4, -0.2) is 12.5 Å². The molecule has 100 valence electrons. The third-order valence-corrected chi connectivity index (χ3v) is 3.26. The standard InChI is InChI=1S/C16H25NO/c1-4-14(15-8-6-5-7-9-15)12-17-16(18)11-10-13(2)3/h5-9,13-14H,4,10-12H2,1-3H3,(H,17,18). The van der Waals surface area contributed by atoms with E-state index in [4.69, 9.17) is 0 Å². The van der Waals surface area contributed by atoms with E-state index in [9.17, 15) is 4.79 Å². The van der Waals surface area contributed by atoms with Crippen LogP contribution < -0.4 is 5.32 Å². The van der Waals surface area contributed by atoms with Crippen LogP contribution >= 0.6 is 0 Å². The predicted molar refractivity (Wildman–Crippen MR) is 76.6 cm³/mol. The van der Waals surface area contributed by atoms with Crippen molar-refractivity contribution in [2.24, 2.45) is 5.92 Å². The normalized spacial score (nSPS) is 12.4. The highest BCUT2D eigenvalue weighted by Gasteiger charge is 2.10. The second-order valence-corrected chi connectivity index (χ2v) is 5.25. The maximum absolute atomic E-state index is 11.7. The van der Waals surface area contributed by atoms with E-state index < -0.39 is 0 Å². The van der Waals surface area contributed by atoms with Gasteiger partial charge in [-0.25, -0.2) is 0 Å². The summed E-state index contributed by atoms with van der Waals surface area (Å²) in [5.41, 5.74) is 1.31. The van der Waals surface area contributed by atoms with E-state index in [1.807, 2.05) is 6.07 Å². The number of nitrogens with one attached hydrogen (secondary N) is 1. The molecule has 0 saturated carbocycles. The minimum absolute atomic E-state index is 0.179. The van der Waals surface area contributed by atoms with Crippen LogP contribution in [0.15, 0.2) is 30.3 Å². The molecule has 0 aliphatic carbocycles. The van der Waals surface area contributed by atoms with Crippen molar-refractivity contribution in [3.8, 4) is 0 Å². The minimum atomic E-state index is 0.179. The lowest BCUT2D eigenvalue weighted by Gasteiger charge is -2.16. The van der Waals surface area contributed by atoms with Crippen LogP contribution in [0.5, 0.6) is 0 Å². The first-order valence-corrected chi connectivity index (χ1v) is 6.95. The van der Waals surface area contributed by atoms with E-state index >= 15 is 0 Å². The molecule has 1 aromatic carbocycles. The molecule has 0 spiro atoms. The second-order valence-electron chi connectivity index (χ2n) is 5.25. The topological polar surface area (TPSA) is 29.1 Å². The Morgan fingerprint density at radius 1 is 1.22 bits per heavy atom. The summed E-state index contributed by atoms with van der Waals surface area (Å²) in [7, 11) is 0. The highest BCUT2D eigenvalue weighted by molar-refractivity contribution is 5.75. The molecule has 1 aromatic rings. The molecule has 2 heteroatoms. The SMILES string of the molecule is CCC(CNC(=O)CCC(C)C)c1ccccc1. The molecule has 1 amide bonds. The number of benzene rings is 1. The largest absolute Gasteiger partial charge is 0.355 e. The Balaban J connectivity index is 2.38. The number of rotatable bonds is 7. The fraction of sp³-hybridized carbons (Fsp3) is 0.562. The first kappa shape index (κ1) is 14.7. The summed E-state index contributed by atoms with van der Waals surface area (Å²) >= 11 is 0. The molecule has 1 N–H and O–H groups in total. The van der Waals surface area contributed by atoms with E-state index in [1.54, 1.807) is 0 Å². The molecule has 0 radical (unpaired) electrons. The summed E-state index contributed by atoms with van der Waals surface area (Å²) in [5.74, 6) is 1.19. The average molecular weight is 247 g/mol. The van der Waals surface area contributed by atoms with Gasteiger partial charge in [0.15, 0.2) is 0 Å². The monoisotopic (exact) mass is 247 g/mol. The summed E-state index contributed by atoms with van der Waals surface area (Å²) in [5, 5.41) is 3.05. The Kier molecular flexibility index (Phi) is 6.48. The maximum Gasteiger partial charge on any atom is 0.220 e. The number of carbonyl (C=O) groups is 1. The number of hydrogen-bond acceptors (Lipinski definition) is 1. The van der Waals surface area contributed by atoms with Gasteiger partial charge in [0.2, 0.25) is 5.91 Å². The minimum Gasteiger partial charge on any atom is -0.355 e. The molecule has 0 saturated heterocycles. The van der Waals surface area contributed by atoms with Gasteiger partial charge in [-0.15, -0.1) is 0 Å². The van der Waals surface area contributed by atoms with Crippen molar-refractivity contribution in [3.63, 3.8) is 0 Å². The fourth-order valence-corrected chi connectivity index (χ4v) is 1.97. The molecule has 18 heavy (non-hydrogen) atoms. The van der Waals surface area contributed by atoms with Crippen LogP contribution in [0.3, 0.4) is 0 Å². The van der Waals surface area contributed by atoms with Crippen LogP contribution in [-0.2, 0) is 4.79 Å². The predicted octanol–water partition coefficient (Wildman–Crippen LogP) is 3.73. The molecule has 0 aromatic heterocycles. The van der Waals surface area contributed by atoms with Gasteiger partial charge >= 0.3 is 0 Å². The third-order valence-electron chi connectivity index (χ3n) is 3.26. The molecular formula is C16H25NO. The Hall–Kier alpha value is -1.31. The van der Waals surface area contributed by atoms with Crippen molar-refractivity contribution < 1.29 is 4.79 Å². The van der Waals surface area contributed by atoms with Crippen LogP contribution in [0.25, 0.3) is 0 Å². The molecule has 0 heterocycles. The molecular weight excluding hydrogens is 222 g/mol. The van der Waals surface area contributed by atoms with Gasteiger partial charge < -0.3 is 5.32 Å². The quantitative estimate of drug-likeness (QED) is 0.781. The summed E-state index contributed by atoms with van der Waals surface area (Å²) in [6.07, 6.45) is 2.66. The van der Waals surface area contributed by atoms with Gasteiger partial charge in [0.25, 0.3) is 0 Å². The van der Waals surface area contributed by atoms with E-state index in [0.29, 0.717) is 18.3 Å². The highest BCUT2D eigenvalue weighted by Crippen LogP contribution is 2.18. The number of hydrogen-bond donors (Lipinski definition) is 1. The smallest absolute Gasteiger partial charge is 0.220 e. The first-order chi connectivity index (χ1) is 8.63. The molecule has 0 aliphatic heterocycles. The molecule has 0 fully saturated rings. The lowest BCUT2D eigenvalue weighted by atomic mass is 9.96. The van der Waals surface area contributed by atoms with Gasteiger partial charge in [-0.3, -0.25) is 4.79 Å². The zero-order chi connectivity index (χ0) is 13.4. The zero-order valence-corrected chi connectivity index (χ0v) is 11.8. The Morgan fingerprint density at radius 2 is 1.89 bits per heavy atom. The van der Waals surface area contributed by atoms with Gasteiger partial charge in [-0.2, -0.15) is 0 Å². The van der Waals surface area contributed by atoms with Gasteiger partial charge in [-0.1, -0.05) is 51.1 Å². The molecule has 0 bridgehead atoms. The van der Waals surface area contributed by atoms with Crippen LogP contribution in [0.1, 0.15) is 51.5 Å². The van der Waals surface area contributed by atoms with Crippen molar-refractivity contribution in [1.82, 2.24) is 5.32 Å². The third kappa shape index (κ3) is 5.35. The van der Waals surface area contributed by atoms with Crippen molar-refractivity contribution in [1.29, 1.82) is 0 Å². The lowest BCUT2D eigenvalue weighted by Crippen LogP contribution is -2.28. The number of amides is 1. The van der Waals surface area contributed by atoms with Crippen molar-refractivity contribution >= 4 is 5.91 Å². The number of carbonyl (C=O) groups excluding carboxylic acids is 1. The lowest BCUT2D eigenvalue weighted by molar-refractivity contribution is -0.121. The van der Waals surface area contributed by atoms with E-state index in [2.05, 4.69) is 50.4 Å². The fourth-order valence-electron chi connectivity index (χ4n) is 1.97. The van der Waals surface area contributed by atoms with Gasteiger partial charge in [0, 0.05) is 18.9 Å². The van der Waals surface area contributed by atoms with E-state index in [1.165, 1.54) is 5.56 Å². The highest BCUT2D eigenvalue weighted by atomic mass is 16.1. The van der Waals surface area contributed by atoms with Crippen LogP contribution in [0, 0.1) is 5.92 Å². The van der Waals surface area contributed by atoms with Crippen LogP contribution in [0.2, 0.25) is 0 Å². The van der Waals surface area contributed by atoms with E-state index in [0.717, 1.165) is 19.4 Å². The molecule has 0 aliphatic rings. The zero-order valence-electron chi connectivity index (χ0n) is 11.8. The second kappa shape index (κ2) is 7.91. The Morgan fingerprint density at radius 3 is 2.44 bits per heavy atom. The Bertz CT molecular complexity index is 345. The molecule has 1 atom stereocenters. The van der Waals surface area contributed by atoms with Crippen molar-refractivity contribution in [2.75, 3.05) is 6.54 Å². The van der Waals surface area contributed by atoms with E-state index in [-0.39, 0.29) is 5.91 Å². The van der Waals surface area contributed by atoms with Crippen LogP contribution in [0.4, 0.5) is 0 Å². The van der Waals surface area contributed by atoms with Crippen molar-refractivity contribution in [2.45, 2.75) is 46.0 Å². The molecule has 2 nitrogen and oxygen atoms in total. The summed E-state index contributed by atoms with van der Waals surface area (Å²) in [6.45, 7) is 7.20. The molecule has 1 unspecified atom stereocenters. The maximum atomic E-state index is 11.7. The summed E-state index contributed by atoms with van der Waals surface area (Å²) in [6, 6.07) is 10.4. The van der Waals surface area contributed by atoms with Crippen molar-refractivity contribution in [3.05, 3.63) is 35.9 Å². The first-order valence-electron chi connectivity index (χ1n) is 6.95. The average Bonchev–Trinajstić information content (AvgIpc) is 2.38. The Labute approximate surface area is 111 Å². The van der Waals surface area contributed by atoms with Gasteiger partial charge in [-0.05, 0) is 24.3 Å². The van der Waals surface area contributed by atoms with Gasteiger partial charge in [0.05, 0.1) is 0 Å².